The van der Waals surface area contributed by atoms with E-state index >= 15 is 0 Å². The molecule has 7 nitrogen and oxygen atoms in total. The molecule has 2 heterocycles. The van der Waals surface area contributed by atoms with E-state index in [1.165, 1.54) is 11.1 Å². The topological polar surface area (TPSA) is 102 Å². The van der Waals surface area contributed by atoms with Gasteiger partial charge in [-0.25, -0.2) is 9.48 Å². The maximum absolute atomic E-state index is 12.9. The number of primary amides is 1. The van der Waals surface area contributed by atoms with Gasteiger partial charge in [0.1, 0.15) is 11.5 Å². The van der Waals surface area contributed by atoms with Crippen molar-refractivity contribution in [3.05, 3.63) is 88.8 Å². The molecule has 1 aliphatic carbocycles. The number of aromatic nitrogens is 2. The van der Waals surface area contributed by atoms with Crippen LogP contribution in [0.2, 0.25) is 0 Å². The van der Waals surface area contributed by atoms with Gasteiger partial charge < -0.3 is 11.1 Å². The van der Waals surface area contributed by atoms with Crippen molar-refractivity contribution in [2.75, 3.05) is 5.32 Å². The molecule has 33 heavy (non-hydrogen) atoms. The molecule has 0 radical (unpaired) electrons. The highest BCUT2D eigenvalue weighted by Crippen LogP contribution is 2.31. The zero-order valence-corrected chi connectivity index (χ0v) is 18.6. The highest BCUT2D eigenvalue weighted by atomic mass is 32.1. The second-order valence-electron chi connectivity index (χ2n) is 8.00. The molecule has 0 spiro atoms. The van der Waals surface area contributed by atoms with E-state index in [-0.39, 0.29) is 24.4 Å². The van der Waals surface area contributed by atoms with Crippen LogP contribution in [0.15, 0.2) is 72.1 Å². The number of nitrogens with two attached hydrogens (primary N) is 1. The monoisotopic (exact) mass is 457 g/mol. The maximum Gasteiger partial charge on any atom is 0.320 e. The van der Waals surface area contributed by atoms with E-state index in [0.717, 1.165) is 34.7 Å². The Morgan fingerprint density at radius 1 is 1.09 bits per heavy atom. The number of hydrogen-bond acceptors (Lipinski definition) is 4. The summed E-state index contributed by atoms with van der Waals surface area (Å²) in [5, 5.41) is 12.8. The first-order valence-corrected chi connectivity index (χ1v) is 11.6. The first-order valence-electron chi connectivity index (χ1n) is 10.7. The third-order valence-corrected chi connectivity index (χ3v) is 6.61. The zero-order valence-electron chi connectivity index (χ0n) is 17.8. The fourth-order valence-electron chi connectivity index (χ4n) is 4.19. The van der Waals surface area contributed by atoms with Crippen LogP contribution in [0.5, 0.6) is 0 Å². The summed E-state index contributed by atoms with van der Waals surface area (Å²) >= 11 is 1.58. The van der Waals surface area contributed by atoms with Crippen molar-refractivity contribution >= 4 is 29.1 Å². The molecule has 0 fully saturated rings. The maximum atomic E-state index is 12.9. The van der Waals surface area contributed by atoms with Gasteiger partial charge in [0.25, 0.3) is 0 Å². The van der Waals surface area contributed by atoms with Crippen LogP contribution in [0.3, 0.4) is 0 Å². The van der Waals surface area contributed by atoms with Crippen molar-refractivity contribution < 1.29 is 9.59 Å². The van der Waals surface area contributed by atoms with Gasteiger partial charge in [0.05, 0.1) is 23.0 Å². The van der Waals surface area contributed by atoms with Crippen molar-refractivity contribution in [3.8, 4) is 16.3 Å². The SMILES string of the molecule is NC(=O)Cc1ccc(-n2nc(-c3cccs3)cc2NC(=O)N[C@H]2CCc3ccccc32)cc1. The number of carbonyl (C=O) groups excluding carboxylic acids is 2. The minimum absolute atomic E-state index is 0.0116. The van der Waals surface area contributed by atoms with E-state index in [1.54, 1.807) is 16.0 Å². The van der Waals surface area contributed by atoms with Crippen LogP contribution in [0.25, 0.3) is 16.3 Å². The molecule has 3 amide bonds. The van der Waals surface area contributed by atoms with E-state index in [4.69, 9.17) is 10.8 Å². The molecule has 4 N–H and O–H groups in total. The quantitative estimate of drug-likeness (QED) is 0.399. The summed E-state index contributed by atoms with van der Waals surface area (Å²) in [5.41, 5.74) is 10.1. The Balaban J connectivity index is 1.40. The molecule has 0 saturated heterocycles. The number of rotatable bonds is 6. The van der Waals surface area contributed by atoms with Crippen LogP contribution in [-0.4, -0.2) is 21.7 Å². The van der Waals surface area contributed by atoms with Crippen molar-refractivity contribution in [3.63, 3.8) is 0 Å². The number of anilines is 1. The van der Waals surface area contributed by atoms with Gasteiger partial charge in [-0.15, -0.1) is 11.3 Å². The normalized spacial score (nSPS) is 14.6. The smallest absolute Gasteiger partial charge is 0.320 e. The lowest BCUT2D eigenvalue weighted by Gasteiger charge is -2.15. The number of fused-ring (bicyclic) bond motifs is 1. The van der Waals surface area contributed by atoms with Gasteiger partial charge in [-0.05, 0) is 53.1 Å². The molecule has 8 heteroatoms. The second-order valence-corrected chi connectivity index (χ2v) is 8.95. The summed E-state index contributed by atoms with van der Waals surface area (Å²) in [6, 6.07) is 21.1. The van der Waals surface area contributed by atoms with E-state index in [0.29, 0.717) is 5.82 Å². The molecule has 2 aromatic carbocycles. The summed E-state index contributed by atoms with van der Waals surface area (Å²) in [7, 11) is 0. The molecular formula is C25H23N5O2S. The van der Waals surface area contributed by atoms with Crippen LogP contribution in [0.4, 0.5) is 10.6 Å². The standard InChI is InChI=1S/C25H23N5O2S/c26-23(31)14-16-7-10-18(11-8-16)30-24(15-21(29-30)22-6-3-13-33-22)28-25(32)27-20-12-9-17-4-1-2-5-19(17)20/h1-8,10-11,13,15,20H,9,12,14H2,(H2,26,31)(H2,27,28,32)/t20-/m0/s1. The lowest BCUT2D eigenvalue weighted by molar-refractivity contribution is -0.117. The first-order chi connectivity index (χ1) is 16.1. The summed E-state index contributed by atoms with van der Waals surface area (Å²) in [5.74, 6) is 0.180. The van der Waals surface area contributed by atoms with Crippen LogP contribution < -0.4 is 16.4 Å². The zero-order chi connectivity index (χ0) is 22.8. The van der Waals surface area contributed by atoms with E-state index in [2.05, 4.69) is 22.8 Å². The van der Waals surface area contributed by atoms with Gasteiger partial charge in [0.2, 0.25) is 5.91 Å². The largest absolute Gasteiger partial charge is 0.369 e. The minimum Gasteiger partial charge on any atom is -0.369 e. The predicted octanol–water partition coefficient (Wildman–Crippen LogP) is 4.44. The number of hydrogen-bond donors (Lipinski definition) is 3. The van der Waals surface area contributed by atoms with E-state index in [1.807, 2.05) is 60.0 Å². The van der Waals surface area contributed by atoms with Crippen LogP contribution in [-0.2, 0) is 17.6 Å². The predicted molar refractivity (Wildman–Crippen MR) is 129 cm³/mol. The van der Waals surface area contributed by atoms with Gasteiger partial charge in [0, 0.05) is 6.07 Å². The molecule has 0 unspecified atom stereocenters. The molecular weight excluding hydrogens is 434 g/mol. The van der Waals surface area contributed by atoms with Crippen LogP contribution >= 0.6 is 11.3 Å². The number of benzene rings is 2. The Morgan fingerprint density at radius 3 is 2.67 bits per heavy atom. The summed E-state index contributed by atoms with van der Waals surface area (Å²) in [6.07, 6.45) is 2.02. The summed E-state index contributed by atoms with van der Waals surface area (Å²) in [6.45, 7) is 0. The molecule has 0 bridgehead atoms. The lowest BCUT2D eigenvalue weighted by atomic mass is 10.1. The van der Waals surface area contributed by atoms with Gasteiger partial charge in [-0.2, -0.15) is 5.10 Å². The molecule has 0 saturated carbocycles. The highest BCUT2D eigenvalue weighted by Gasteiger charge is 2.24. The Kier molecular flexibility index (Phi) is 5.66. The van der Waals surface area contributed by atoms with Crippen LogP contribution in [0, 0.1) is 0 Å². The molecule has 4 aromatic rings. The molecule has 2 aromatic heterocycles. The van der Waals surface area contributed by atoms with E-state index < -0.39 is 0 Å². The molecule has 5 rings (SSSR count). The highest BCUT2D eigenvalue weighted by molar-refractivity contribution is 7.13. The Hall–Kier alpha value is -3.91. The lowest BCUT2D eigenvalue weighted by Crippen LogP contribution is -2.32. The third-order valence-electron chi connectivity index (χ3n) is 5.72. The van der Waals surface area contributed by atoms with Crippen molar-refractivity contribution in [2.24, 2.45) is 5.73 Å². The Labute approximate surface area is 195 Å². The molecule has 1 aliphatic rings. The Morgan fingerprint density at radius 2 is 1.91 bits per heavy atom. The number of aryl methyl sites for hydroxylation is 1. The minimum atomic E-state index is -0.380. The van der Waals surface area contributed by atoms with E-state index in [9.17, 15) is 9.59 Å². The van der Waals surface area contributed by atoms with Crippen molar-refractivity contribution in [1.29, 1.82) is 0 Å². The summed E-state index contributed by atoms with van der Waals surface area (Å²) < 4.78 is 1.70. The third kappa shape index (κ3) is 4.51. The van der Waals surface area contributed by atoms with Gasteiger partial charge in [-0.3, -0.25) is 10.1 Å². The second kappa shape index (κ2) is 8.91. The first kappa shape index (κ1) is 21.0. The average Bonchev–Trinajstić information content (AvgIpc) is 3.54. The molecule has 1 atom stereocenters. The number of carbonyl (C=O) groups is 2. The Bertz CT molecular complexity index is 1290. The van der Waals surface area contributed by atoms with Crippen molar-refractivity contribution in [2.45, 2.75) is 25.3 Å². The summed E-state index contributed by atoms with van der Waals surface area (Å²) in [4.78, 5) is 25.1. The number of nitrogens with one attached hydrogen (secondary N) is 2. The van der Waals surface area contributed by atoms with Crippen molar-refractivity contribution in [1.82, 2.24) is 15.1 Å². The van der Waals surface area contributed by atoms with Gasteiger partial charge in [-0.1, -0.05) is 42.5 Å². The average molecular weight is 458 g/mol. The number of nitrogens with zero attached hydrogens (tertiary/aromatic N) is 2. The number of thiophene rings is 1. The fraction of sp³-hybridized carbons (Fsp3) is 0.160. The number of amides is 3. The van der Waals surface area contributed by atoms with Gasteiger partial charge >= 0.3 is 6.03 Å². The molecule has 166 valence electrons. The van der Waals surface area contributed by atoms with Crippen LogP contribution in [0.1, 0.15) is 29.2 Å². The van der Waals surface area contributed by atoms with Gasteiger partial charge in [0.15, 0.2) is 0 Å². The fourth-order valence-corrected chi connectivity index (χ4v) is 4.87. The molecule has 0 aliphatic heterocycles. The number of urea groups is 1.